The number of hydrogen-bond acceptors (Lipinski definition) is 4. The third-order valence-electron chi connectivity index (χ3n) is 8.27. The molecule has 220 valence electrons. The lowest BCUT2D eigenvalue weighted by atomic mass is 9.89. The van der Waals surface area contributed by atoms with Crippen molar-refractivity contribution in [3.8, 4) is 0 Å². The zero-order valence-electron chi connectivity index (χ0n) is 23.4. The molecule has 0 unspecified atom stereocenters. The Labute approximate surface area is 255 Å². The number of benzene rings is 3. The van der Waals surface area contributed by atoms with Crippen molar-refractivity contribution >= 4 is 36.5 Å². The molecule has 1 fully saturated rings. The van der Waals surface area contributed by atoms with E-state index in [0.717, 1.165) is 88.1 Å². The minimum atomic E-state index is -0.392. The van der Waals surface area contributed by atoms with E-state index >= 15 is 0 Å². The van der Waals surface area contributed by atoms with Gasteiger partial charge in [-0.1, -0.05) is 36.4 Å². The van der Waals surface area contributed by atoms with Crippen LogP contribution < -0.4 is 5.73 Å². The molecule has 0 radical (unpaired) electrons. The highest BCUT2D eigenvalue weighted by atomic mass is 35.5. The zero-order chi connectivity index (χ0) is 27.2. The predicted octanol–water partition coefficient (Wildman–Crippen LogP) is 6.59. The molecule has 1 saturated heterocycles. The van der Waals surface area contributed by atoms with Gasteiger partial charge in [-0.15, -0.1) is 24.8 Å². The van der Waals surface area contributed by atoms with E-state index in [1.54, 1.807) is 6.07 Å². The summed E-state index contributed by atoms with van der Waals surface area (Å²) in [4.78, 5) is 29.4. The van der Waals surface area contributed by atoms with Gasteiger partial charge in [-0.05, 0) is 110 Å². The number of rotatable bonds is 9. The van der Waals surface area contributed by atoms with Gasteiger partial charge in [-0.25, -0.2) is 4.39 Å². The van der Waals surface area contributed by atoms with Crippen LogP contribution in [0.3, 0.4) is 0 Å². The highest BCUT2D eigenvalue weighted by Gasteiger charge is 2.22. The molecular formula is C33H40Cl2FN3O2. The molecule has 2 heterocycles. The van der Waals surface area contributed by atoms with Crippen LogP contribution in [0.1, 0.15) is 75.1 Å². The second kappa shape index (κ2) is 15.5. The first kappa shape index (κ1) is 32.7. The second-order valence-electron chi connectivity index (χ2n) is 11.2. The van der Waals surface area contributed by atoms with Gasteiger partial charge in [0.25, 0.3) is 0 Å². The van der Waals surface area contributed by atoms with Crippen LogP contribution in [-0.4, -0.2) is 41.1 Å². The summed E-state index contributed by atoms with van der Waals surface area (Å²) in [5.41, 5.74) is 11.6. The summed E-state index contributed by atoms with van der Waals surface area (Å²) in [6.07, 6.45) is 5.80. The Hall–Kier alpha value is -2.77. The molecule has 0 spiro atoms. The normalized spacial score (nSPS) is 16.1. The first-order valence-electron chi connectivity index (χ1n) is 14.2. The summed E-state index contributed by atoms with van der Waals surface area (Å²) in [5.74, 6) is 0.199. The van der Waals surface area contributed by atoms with Crippen LogP contribution in [0.15, 0.2) is 66.7 Å². The fourth-order valence-electron chi connectivity index (χ4n) is 5.98. The van der Waals surface area contributed by atoms with Gasteiger partial charge in [0.1, 0.15) is 5.82 Å². The third kappa shape index (κ3) is 9.11. The molecule has 3 aromatic carbocycles. The standard InChI is InChI=1S/C33H38FN3O2.2ClH/c34-31-11-6-25(7-12-31)21-37-16-2-5-27-9-10-28(20-30(27)23-37)32(38)13-8-24-14-17-36(18-15-24)22-26-3-1-4-29(19-26)33(35)39;;/h1,3-4,6-7,9-12,19-20,24H,2,5,8,13-18,21-23H2,(H2,35,39);2*1H. The van der Waals surface area contributed by atoms with Gasteiger partial charge in [0.2, 0.25) is 5.91 Å². The molecule has 3 aromatic rings. The zero-order valence-corrected chi connectivity index (χ0v) is 25.0. The quantitative estimate of drug-likeness (QED) is 0.282. The molecule has 8 heteroatoms. The predicted molar refractivity (Wildman–Crippen MR) is 166 cm³/mol. The lowest BCUT2D eigenvalue weighted by molar-refractivity contribution is 0.0959. The van der Waals surface area contributed by atoms with E-state index < -0.39 is 5.91 Å². The van der Waals surface area contributed by atoms with E-state index in [2.05, 4.69) is 21.9 Å². The fraction of sp³-hybridized carbons (Fsp3) is 0.394. The molecular weight excluding hydrogens is 560 g/mol. The molecule has 0 saturated carbocycles. The number of primary amides is 1. The van der Waals surface area contributed by atoms with Crippen molar-refractivity contribution in [3.05, 3.63) is 106 Å². The van der Waals surface area contributed by atoms with Crippen molar-refractivity contribution in [2.24, 2.45) is 11.7 Å². The summed E-state index contributed by atoms with van der Waals surface area (Å²) in [7, 11) is 0. The van der Waals surface area contributed by atoms with Crippen LogP contribution in [0, 0.1) is 11.7 Å². The van der Waals surface area contributed by atoms with E-state index in [-0.39, 0.29) is 36.4 Å². The second-order valence-corrected chi connectivity index (χ2v) is 11.2. The van der Waals surface area contributed by atoms with Crippen molar-refractivity contribution in [2.75, 3.05) is 19.6 Å². The SMILES string of the molecule is Cl.Cl.NC(=O)c1cccc(CN2CCC(CCC(=O)c3ccc4c(c3)CN(Cc3ccc(F)cc3)CCC4)CC2)c1. The Kier molecular flexibility index (Phi) is 12.3. The number of amides is 1. The molecule has 1 amide bonds. The number of hydrogen-bond donors (Lipinski definition) is 1. The summed E-state index contributed by atoms with van der Waals surface area (Å²) in [6.45, 7) is 5.41. The van der Waals surface area contributed by atoms with Crippen LogP contribution in [-0.2, 0) is 26.1 Å². The van der Waals surface area contributed by atoms with Crippen molar-refractivity contribution in [1.29, 1.82) is 0 Å². The van der Waals surface area contributed by atoms with E-state index in [1.807, 2.05) is 36.4 Å². The Morgan fingerprint density at radius 2 is 1.54 bits per heavy atom. The number of nitrogens with zero attached hydrogens (tertiary/aromatic N) is 2. The highest BCUT2D eigenvalue weighted by Crippen LogP contribution is 2.26. The molecule has 0 bridgehead atoms. The number of aryl methyl sites for hydroxylation is 1. The average molecular weight is 601 g/mol. The molecule has 0 aliphatic carbocycles. The van der Waals surface area contributed by atoms with E-state index in [0.29, 0.717) is 17.9 Å². The maximum absolute atomic E-state index is 13.3. The summed E-state index contributed by atoms with van der Waals surface area (Å²) >= 11 is 0. The number of carbonyl (C=O) groups is 2. The van der Waals surface area contributed by atoms with Crippen LogP contribution in [0.2, 0.25) is 0 Å². The monoisotopic (exact) mass is 599 g/mol. The van der Waals surface area contributed by atoms with Gasteiger partial charge in [-0.3, -0.25) is 19.4 Å². The van der Waals surface area contributed by atoms with Crippen LogP contribution >= 0.6 is 24.8 Å². The minimum absolute atomic E-state index is 0. The molecule has 41 heavy (non-hydrogen) atoms. The first-order valence-corrected chi connectivity index (χ1v) is 14.2. The Morgan fingerprint density at radius 1 is 0.805 bits per heavy atom. The van der Waals surface area contributed by atoms with Crippen LogP contribution in [0.5, 0.6) is 0 Å². The fourth-order valence-corrected chi connectivity index (χ4v) is 5.98. The third-order valence-corrected chi connectivity index (χ3v) is 8.27. The van der Waals surface area contributed by atoms with Gasteiger partial charge >= 0.3 is 0 Å². The molecule has 5 rings (SSSR count). The lowest BCUT2D eigenvalue weighted by Crippen LogP contribution is -2.33. The van der Waals surface area contributed by atoms with E-state index in [9.17, 15) is 14.0 Å². The van der Waals surface area contributed by atoms with Gasteiger partial charge in [0.05, 0.1) is 0 Å². The highest BCUT2D eigenvalue weighted by molar-refractivity contribution is 5.96. The number of carbonyl (C=O) groups excluding carboxylic acids is 2. The largest absolute Gasteiger partial charge is 0.366 e. The Balaban J connectivity index is 0.00000231. The van der Waals surface area contributed by atoms with Gasteiger partial charge < -0.3 is 5.73 Å². The number of ketones is 1. The number of Topliss-reactive ketones (excluding diaryl/α,β-unsaturated/α-hetero) is 1. The molecule has 2 aliphatic rings. The number of likely N-dealkylation sites (tertiary alicyclic amines) is 1. The Morgan fingerprint density at radius 3 is 2.27 bits per heavy atom. The summed E-state index contributed by atoms with van der Waals surface area (Å²) < 4.78 is 13.3. The molecule has 0 atom stereocenters. The smallest absolute Gasteiger partial charge is 0.248 e. The van der Waals surface area contributed by atoms with Gasteiger partial charge in [-0.2, -0.15) is 0 Å². The lowest BCUT2D eigenvalue weighted by Gasteiger charge is -2.32. The van der Waals surface area contributed by atoms with Crippen LogP contribution in [0.4, 0.5) is 4.39 Å². The molecule has 2 N–H and O–H groups in total. The number of piperidine rings is 1. The average Bonchev–Trinajstić information content (AvgIpc) is 3.15. The van der Waals surface area contributed by atoms with Crippen molar-refractivity contribution in [3.63, 3.8) is 0 Å². The Bertz CT molecular complexity index is 1310. The summed E-state index contributed by atoms with van der Waals surface area (Å²) in [6, 6.07) is 20.6. The van der Waals surface area contributed by atoms with Gasteiger partial charge in [0, 0.05) is 37.2 Å². The van der Waals surface area contributed by atoms with Crippen molar-refractivity contribution < 1.29 is 14.0 Å². The molecule has 0 aromatic heterocycles. The number of halogens is 3. The maximum atomic E-state index is 13.3. The first-order chi connectivity index (χ1) is 18.9. The number of nitrogens with two attached hydrogens (primary N) is 1. The van der Waals surface area contributed by atoms with E-state index in [4.69, 9.17) is 5.73 Å². The van der Waals surface area contributed by atoms with Gasteiger partial charge in [0.15, 0.2) is 5.78 Å². The topological polar surface area (TPSA) is 66.6 Å². The van der Waals surface area contributed by atoms with Crippen molar-refractivity contribution in [1.82, 2.24) is 9.80 Å². The molecule has 2 aliphatic heterocycles. The van der Waals surface area contributed by atoms with Crippen LogP contribution in [0.25, 0.3) is 0 Å². The molecule has 5 nitrogen and oxygen atoms in total. The number of fused-ring (bicyclic) bond motifs is 1. The summed E-state index contributed by atoms with van der Waals surface area (Å²) in [5, 5.41) is 0. The van der Waals surface area contributed by atoms with Crippen molar-refractivity contribution in [2.45, 2.75) is 58.2 Å². The van der Waals surface area contributed by atoms with E-state index in [1.165, 1.54) is 23.3 Å². The minimum Gasteiger partial charge on any atom is -0.366 e. The maximum Gasteiger partial charge on any atom is 0.248 e.